The Labute approximate surface area is 80.7 Å². The molecule has 0 aliphatic rings. The van der Waals surface area contributed by atoms with Gasteiger partial charge in [0.05, 0.1) is 5.60 Å². The van der Waals surface area contributed by atoms with Crippen molar-refractivity contribution in [3.05, 3.63) is 42.5 Å². The number of benzene rings is 1. The van der Waals surface area contributed by atoms with Crippen LogP contribution in [-0.4, -0.2) is 10.7 Å². The van der Waals surface area contributed by atoms with E-state index in [0.717, 1.165) is 0 Å². The molecule has 0 aliphatic heterocycles. The van der Waals surface area contributed by atoms with Crippen molar-refractivity contribution < 1.29 is 5.11 Å². The van der Waals surface area contributed by atoms with E-state index in [-0.39, 0.29) is 0 Å². The smallest absolute Gasteiger partial charge is 0.0563 e. The average Bonchev–Trinajstić information content (AvgIpc) is 2.03. The Bertz CT molecular complexity index is 225. The SMILES string of the molecule is C=Cc1ccccc1.CC(C)(C)O. The maximum Gasteiger partial charge on any atom is 0.0563 e. The summed E-state index contributed by atoms with van der Waals surface area (Å²) in [7, 11) is 0. The Morgan fingerprint density at radius 3 is 1.77 bits per heavy atom. The van der Waals surface area contributed by atoms with Crippen LogP contribution >= 0.6 is 0 Å². The minimum atomic E-state index is -0.500. The molecule has 1 aromatic rings. The van der Waals surface area contributed by atoms with Crippen LogP contribution in [-0.2, 0) is 0 Å². The largest absolute Gasteiger partial charge is 0.391 e. The molecular weight excluding hydrogens is 160 g/mol. The van der Waals surface area contributed by atoms with Gasteiger partial charge in [-0.3, -0.25) is 0 Å². The Balaban J connectivity index is 0.000000252. The highest BCUT2D eigenvalue weighted by Crippen LogP contribution is 1.97. The van der Waals surface area contributed by atoms with E-state index in [1.807, 2.05) is 36.4 Å². The predicted molar refractivity (Wildman–Crippen MR) is 58.5 cm³/mol. The first-order chi connectivity index (χ1) is 5.93. The molecule has 1 heteroatoms. The maximum absolute atomic E-state index is 8.52. The monoisotopic (exact) mass is 178 g/mol. The Morgan fingerprint density at radius 2 is 1.54 bits per heavy atom. The summed E-state index contributed by atoms with van der Waals surface area (Å²) in [5, 5.41) is 8.52. The molecule has 0 radical (unpaired) electrons. The molecule has 72 valence electrons. The van der Waals surface area contributed by atoms with Gasteiger partial charge in [0.25, 0.3) is 0 Å². The normalized spacial score (nSPS) is 9.85. The average molecular weight is 178 g/mol. The maximum atomic E-state index is 8.52. The number of hydrogen-bond donors (Lipinski definition) is 1. The van der Waals surface area contributed by atoms with Crippen LogP contribution in [0.5, 0.6) is 0 Å². The van der Waals surface area contributed by atoms with Crippen molar-refractivity contribution >= 4 is 6.08 Å². The minimum Gasteiger partial charge on any atom is -0.391 e. The molecule has 1 rings (SSSR count). The molecule has 1 nitrogen and oxygen atoms in total. The highest BCUT2D eigenvalue weighted by atomic mass is 16.3. The van der Waals surface area contributed by atoms with Crippen LogP contribution in [0.1, 0.15) is 26.3 Å². The van der Waals surface area contributed by atoms with E-state index in [2.05, 4.69) is 6.58 Å². The van der Waals surface area contributed by atoms with E-state index < -0.39 is 5.60 Å². The molecule has 0 atom stereocenters. The fourth-order valence-corrected chi connectivity index (χ4v) is 0.589. The molecule has 0 unspecified atom stereocenters. The second kappa shape index (κ2) is 5.55. The first-order valence-electron chi connectivity index (χ1n) is 4.33. The van der Waals surface area contributed by atoms with Gasteiger partial charge in [0.2, 0.25) is 0 Å². The molecule has 0 saturated carbocycles. The van der Waals surface area contributed by atoms with Gasteiger partial charge in [-0.15, -0.1) is 0 Å². The van der Waals surface area contributed by atoms with Gasteiger partial charge in [0.15, 0.2) is 0 Å². The third-order valence-corrected chi connectivity index (χ3v) is 1.04. The molecule has 0 spiro atoms. The van der Waals surface area contributed by atoms with Crippen LogP contribution in [0.3, 0.4) is 0 Å². The van der Waals surface area contributed by atoms with Gasteiger partial charge in [0, 0.05) is 0 Å². The lowest BCUT2D eigenvalue weighted by molar-refractivity contribution is 0.102. The highest BCUT2D eigenvalue weighted by Gasteiger charge is 1.97. The van der Waals surface area contributed by atoms with Crippen LogP contribution < -0.4 is 0 Å². The summed E-state index contributed by atoms with van der Waals surface area (Å²) >= 11 is 0. The molecular formula is C12H18O. The zero-order valence-corrected chi connectivity index (χ0v) is 8.62. The van der Waals surface area contributed by atoms with E-state index in [0.29, 0.717) is 0 Å². The third kappa shape index (κ3) is 10.9. The molecule has 1 N–H and O–H groups in total. The quantitative estimate of drug-likeness (QED) is 0.700. The van der Waals surface area contributed by atoms with Crippen molar-refractivity contribution in [2.45, 2.75) is 26.4 Å². The molecule has 0 heterocycles. The topological polar surface area (TPSA) is 20.2 Å². The summed E-state index contributed by atoms with van der Waals surface area (Å²) < 4.78 is 0. The van der Waals surface area contributed by atoms with Crippen molar-refractivity contribution in [1.82, 2.24) is 0 Å². The molecule has 13 heavy (non-hydrogen) atoms. The summed E-state index contributed by atoms with van der Waals surface area (Å²) in [5.41, 5.74) is 0.674. The molecule has 0 saturated heterocycles. The van der Waals surface area contributed by atoms with Crippen LogP contribution in [0.4, 0.5) is 0 Å². The third-order valence-electron chi connectivity index (χ3n) is 1.04. The summed E-state index contributed by atoms with van der Waals surface area (Å²) in [6, 6.07) is 10.0. The number of hydrogen-bond acceptors (Lipinski definition) is 1. The van der Waals surface area contributed by atoms with E-state index >= 15 is 0 Å². The molecule has 0 bridgehead atoms. The molecule has 0 aliphatic carbocycles. The van der Waals surface area contributed by atoms with E-state index in [1.54, 1.807) is 20.8 Å². The second-order valence-corrected chi connectivity index (χ2v) is 3.79. The summed E-state index contributed by atoms with van der Waals surface area (Å²) in [6.45, 7) is 8.86. The lowest BCUT2D eigenvalue weighted by Gasteiger charge is -2.04. The minimum absolute atomic E-state index is 0.500. The fraction of sp³-hybridized carbons (Fsp3) is 0.333. The summed E-state index contributed by atoms with van der Waals surface area (Å²) in [6.07, 6.45) is 1.83. The van der Waals surface area contributed by atoms with Gasteiger partial charge in [0.1, 0.15) is 0 Å². The highest BCUT2D eigenvalue weighted by molar-refractivity contribution is 5.45. The standard InChI is InChI=1S/C8H8.C4H10O/c1-2-8-6-4-3-5-7-8;1-4(2,3)5/h2-7H,1H2;5H,1-3H3. The van der Waals surface area contributed by atoms with Crippen molar-refractivity contribution in [3.63, 3.8) is 0 Å². The fourth-order valence-electron chi connectivity index (χ4n) is 0.589. The van der Waals surface area contributed by atoms with Crippen LogP contribution in [0, 0.1) is 0 Å². The molecule has 0 fully saturated rings. The Kier molecular flexibility index (Phi) is 5.09. The van der Waals surface area contributed by atoms with Crippen molar-refractivity contribution in [2.75, 3.05) is 0 Å². The molecule has 0 amide bonds. The van der Waals surface area contributed by atoms with Crippen molar-refractivity contribution in [1.29, 1.82) is 0 Å². The zero-order valence-electron chi connectivity index (χ0n) is 8.62. The number of rotatable bonds is 1. The summed E-state index contributed by atoms with van der Waals surface area (Å²) in [4.78, 5) is 0. The first-order valence-corrected chi connectivity index (χ1v) is 4.33. The van der Waals surface area contributed by atoms with Gasteiger partial charge in [-0.1, -0.05) is 43.0 Å². The van der Waals surface area contributed by atoms with Crippen molar-refractivity contribution in [3.8, 4) is 0 Å². The van der Waals surface area contributed by atoms with E-state index in [4.69, 9.17) is 5.11 Å². The Hall–Kier alpha value is -1.08. The number of aliphatic hydroxyl groups is 1. The van der Waals surface area contributed by atoms with Crippen LogP contribution in [0.25, 0.3) is 6.08 Å². The van der Waals surface area contributed by atoms with Gasteiger partial charge in [-0.2, -0.15) is 0 Å². The molecule has 1 aromatic carbocycles. The van der Waals surface area contributed by atoms with Gasteiger partial charge >= 0.3 is 0 Å². The van der Waals surface area contributed by atoms with E-state index in [1.165, 1.54) is 5.56 Å². The lowest BCUT2D eigenvalue weighted by atomic mass is 10.2. The second-order valence-electron chi connectivity index (χ2n) is 3.79. The first kappa shape index (κ1) is 11.9. The predicted octanol–water partition coefficient (Wildman–Crippen LogP) is 3.11. The molecule has 0 aromatic heterocycles. The summed E-state index contributed by atoms with van der Waals surface area (Å²) in [5.74, 6) is 0. The van der Waals surface area contributed by atoms with Crippen molar-refractivity contribution in [2.24, 2.45) is 0 Å². The van der Waals surface area contributed by atoms with Gasteiger partial charge < -0.3 is 5.11 Å². The lowest BCUT2D eigenvalue weighted by Crippen LogP contribution is -2.10. The van der Waals surface area contributed by atoms with Gasteiger partial charge in [-0.05, 0) is 26.3 Å². The zero-order chi connectivity index (χ0) is 10.3. The van der Waals surface area contributed by atoms with Gasteiger partial charge in [-0.25, -0.2) is 0 Å². The van der Waals surface area contributed by atoms with Crippen LogP contribution in [0.15, 0.2) is 36.9 Å². The Morgan fingerprint density at radius 1 is 1.15 bits per heavy atom. The van der Waals surface area contributed by atoms with Crippen LogP contribution in [0.2, 0.25) is 0 Å². The van der Waals surface area contributed by atoms with E-state index in [9.17, 15) is 0 Å².